The Hall–Kier alpha value is 0.500. The van der Waals surface area contributed by atoms with E-state index in [1.54, 1.807) is 0 Å². The third-order valence-electron chi connectivity index (χ3n) is 2.40. The van der Waals surface area contributed by atoms with E-state index in [0.717, 1.165) is 6.42 Å². The van der Waals surface area contributed by atoms with Crippen molar-refractivity contribution in [3.63, 3.8) is 0 Å². The summed E-state index contributed by atoms with van der Waals surface area (Å²) in [7, 11) is 0. The van der Waals surface area contributed by atoms with Crippen LogP contribution in [0.25, 0.3) is 0 Å². The smallest absolute Gasteiger partial charge is 0.122 e. The van der Waals surface area contributed by atoms with Gasteiger partial charge in [-0.25, -0.2) is 0 Å². The second-order valence-electron chi connectivity index (χ2n) is 3.43. The normalized spacial score (nSPS) is 43.9. The molecule has 1 rings (SSSR count). The van der Waals surface area contributed by atoms with Gasteiger partial charge in [-0.2, -0.15) is 0 Å². The average molecular weight is 197 g/mol. The van der Waals surface area contributed by atoms with Crippen LogP contribution in [0.3, 0.4) is 0 Å². The van der Waals surface area contributed by atoms with Crippen molar-refractivity contribution in [1.29, 1.82) is 0 Å². The zero-order chi connectivity index (χ0) is 8.65. The van der Waals surface area contributed by atoms with E-state index in [1.807, 2.05) is 6.92 Å². The summed E-state index contributed by atoms with van der Waals surface area (Å²) in [5.74, 6) is 0.237. The summed E-state index contributed by atoms with van der Waals surface area (Å²) in [5, 5.41) is 0. The summed E-state index contributed by atoms with van der Waals surface area (Å²) in [6.45, 7) is 2.01. The molecular weight excluding hydrogens is 183 g/mol. The van der Waals surface area contributed by atoms with Gasteiger partial charge in [0.2, 0.25) is 0 Å². The molecule has 1 aliphatic rings. The van der Waals surface area contributed by atoms with E-state index in [4.69, 9.17) is 34.7 Å². The van der Waals surface area contributed by atoms with Crippen molar-refractivity contribution in [2.45, 2.75) is 36.2 Å². The van der Waals surface area contributed by atoms with E-state index >= 15 is 0 Å². The maximum absolute atomic E-state index is 6.01. The lowest BCUT2D eigenvalue weighted by Gasteiger charge is -2.38. The van der Waals surface area contributed by atoms with Gasteiger partial charge in [-0.1, -0.05) is 6.92 Å². The highest BCUT2D eigenvalue weighted by Gasteiger charge is 2.40. The number of hydrogen-bond donors (Lipinski definition) is 2. The van der Waals surface area contributed by atoms with E-state index in [2.05, 4.69) is 0 Å². The SMILES string of the molecule is CC1C[C@H](N)[C@@H](N)CC1(Cl)Cl. The van der Waals surface area contributed by atoms with Gasteiger partial charge in [0.05, 0.1) is 0 Å². The number of hydrogen-bond acceptors (Lipinski definition) is 2. The Balaban J connectivity index is 2.63. The Labute approximate surface area is 77.2 Å². The summed E-state index contributed by atoms with van der Waals surface area (Å²) in [6, 6.07) is -0.00294. The molecule has 0 radical (unpaired) electrons. The molecular formula is C7H14Cl2N2. The van der Waals surface area contributed by atoms with Crippen molar-refractivity contribution in [3.05, 3.63) is 0 Å². The predicted octanol–water partition coefficient (Wildman–Crippen LogP) is 1.24. The van der Waals surface area contributed by atoms with E-state index in [1.165, 1.54) is 0 Å². The van der Waals surface area contributed by atoms with E-state index in [9.17, 15) is 0 Å². The van der Waals surface area contributed by atoms with Crippen molar-refractivity contribution >= 4 is 23.2 Å². The molecule has 0 bridgehead atoms. The van der Waals surface area contributed by atoms with Crippen LogP contribution in [0.2, 0.25) is 0 Å². The fraction of sp³-hybridized carbons (Fsp3) is 1.00. The molecule has 4 N–H and O–H groups in total. The molecule has 0 aromatic heterocycles. The van der Waals surface area contributed by atoms with Gasteiger partial charge < -0.3 is 11.5 Å². The Morgan fingerprint density at radius 1 is 1.27 bits per heavy atom. The highest BCUT2D eigenvalue weighted by molar-refractivity contribution is 6.48. The molecule has 4 heteroatoms. The number of nitrogens with two attached hydrogens (primary N) is 2. The van der Waals surface area contributed by atoms with Gasteiger partial charge in [0.15, 0.2) is 0 Å². The number of alkyl halides is 2. The predicted molar refractivity (Wildman–Crippen MR) is 48.8 cm³/mol. The average Bonchev–Trinajstić information content (AvgIpc) is 1.83. The van der Waals surface area contributed by atoms with Gasteiger partial charge >= 0.3 is 0 Å². The summed E-state index contributed by atoms with van der Waals surface area (Å²) in [5.41, 5.74) is 11.5. The lowest BCUT2D eigenvalue weighted by Crippen LogP contribution is -2.52. The van der Waals surface area contributed by atoms with Gasteiger partial charge in [-0.05, 0) is 18.8 Å². The lowest BCUT2D eigenvalue weighted by atomic mass is 9.83. The molecule has 66 valence electrons. The monoisotopic (exact) mass is 196 g/mol. The fourth-order valence-corrected chi connectivity index (χ4v) is 1.96. The topological polar surface area (TPSA) is 52.0 Å². The van der Waals surface area contributed by atoms with Crippen LogP contribution < -0.4 is 11.5 Å². The van der Waals surface area contributed by atoms with Crippen molar-refractivity contribution < 1.29 is 0 Å². The van der Waals surface area contributed by atoms with Crippen LogP contribution in [0.1, 0.15) is 19.8 Å². The Kier molecular flexibility index (Phi) is 2.70. The molecule has 3 atom stereocenters. The molecule has 0 aromatic rings. The first-order valence-corrected chi connectivity index (χ1v) is 4.58. The molecule has 2 nitrogen and oxygen atoms in total. The second-order valence-corrected chi connectivity index (χ2v) is 4.97. The van der Waals surface area contributed by atoms with Gasteiger partial charge in [-0.15, -0.1) is 23.2 Å². The van der Waals surface area contributed by atoms with E-state index < -0.39 is 4.33 Å². The lowest BCUT2D eigenvalue weighted by molar-refractivity contribution is 0.290. The van der Waals surface area contributed by atoms with Crippen molar-refractivity contribution in [1.82, 2.24) is 0 Å². The first-order valence-electron chi connectivity index (χ1n) is 3.82. The van der Waals surface area contributed by atoms with Gasteiger partial charge in [0, 0.05) is 12.1 Å². The van der Waals surface area contributed by atoms with Crippen molar-refractivity contribution in [2.24, 2.45) is 17.4 Å². The first kappa shape index (κ1) is 9.59. The number of halogens is 2. The zero-order valence-corrected chi connectivity index (χ0v) is 8.07. The molecule has 1 unspecified atom stereocenters. The summed E-state index contributed by atoms with van der Waals surface area (Å²) >= 11 is 12.0. The van der Waals surface area contributed by atoms with E-state index in [-0.39, 0.29) is 18.0 Å². The molecule has 0 spiro atoms. The van der Waals surface area contributed by atoms with Crippen LogP contribution in [0, 0.1) is 5.92 Å². The van der Waals surface area contributed by atoms with Gasteiger partial charge in [0.1, 0.15) is 4.33 Å². The van der Waals surface area contributed by atoms with Gasteiger partial charge in [0.25, 0.3) is 0 Å². The van der Waals surface area contributed by atoms with Crippen LogP contribution in [-0.4, -0.2) is 16.4 Å². The first-order chi connectivity index (χ1) is 4.93. The quantitative estimate of drug-likeness (QED) is 0.574. The summed E-state index contributed by atoms with van der Waals surface area (Å²) < 4.78 is -0.671. The molecule has 0 aliphatic heterocycles. The number of rotatable bonds is 0. The molecule has 0 amide bonds. The van der Waals surface area contributed by atoms with Crippen LogP contribution in [0.5, 0.6) is 0 Å². The molecule has 0 heterocycles. The minimum absolute atomic E-state index is 0.0515. The van der Waals surface area contributed by atoms with Gasteiger partial charge in [-0.3, -0.25) is 0 Å². The molecule has 11 heavy (non-hydrogen) atoms. The molecule has 1 fully saturated rings. The Morgan fingerprint density at radius 3 is 2.27 bits per heavy atom. The highest BCUT2D eigenvalue weighted by Crippen LogP contribution is 2.41. The fourth-order valence-electron chi connectivity index (χ4n) is 1.42. The highest BCUT2D eigenvalue weighted by atomic mass is 35.5. The standard InChI is InChI=1S/C7H14Cl2N2/c1-4-2-5(10)6(11)3-7(4,8)9/h4-6H,2-3,10-11H2,1H3/t4?,5-,6-/m0/s1. The summed E-state index contributed by atoms with van der Waals surface area (Å²) in [6.07, 6.45) is 1.41. The minimum Gasteiger partial charge on any atom is -0.326 e. The largest absolute Gasteiger partial charge is 0.326 e. The second kappa shape index (κ2) is 3.09. The Bertz CT molecular complexity index is 149. The third kappa shape index (κ3) is 2.00. The Morgan fingerprint density at radius 2 is 1.82 bits per heavy atom. The summed E-state index contributed by atoms with van der Waals surface area (Å²) in [4.78, 5) is 0. The molecule has 1 saturated carbocycles. The molecule has 0 aromatic carbocycles. The maximum Gasteiger partial charge on any atom is 0.122 e. The molecule has 0 saturated heterocycles. The third-order valence-corrected chi connectivity index (χ3v) is 3.46. The maximum atomic E-state index is 6.01. The van der Waals surface area contributed by atoms with E-state index in [0.29, 0.717) is 6.42 Å². The van der Waals surface area contributed by atoms with Crippen LogP contribution in [0.15, 0.2) is 0 Å². The van der Waals surface area contributed by atoms with Crippen molar-refractivity contribution in [2.75, 3.05) is 0 Å². The van der Waals surface area contributed by atoms with Crippen LogP contribution in [-0.2, 0) is 0 Å². The van der Waals surface area contributed by atoms with Crippen LogP contribution in [0.4, 0.5) is 0 Å². The molecule has 1 aliphatic carbocycles. The minimum atomic E-state index is -0.671. The van der Waals surface area contributed by atoms with Crippen LogP contribution >= 0.6 is 23.2 Å². The van der Waals surface area contributed by atoms with Crippen molar-refractivity contribution in [3.8, 4) is 0 Å². The zero-order valence-electron chi connectivity index (χ0n) is 6.56.